The first-order valence-electron chi connectivity index (χ1n) is 13.1. The average molecular weight is 545 g/mol. The van der Waals surface area contributed by atoms with Gasteiger partial charge in [-0.2, -0.15) is 0 Å². The molecule has 2 aliphatic rings. The summed E-state index contributed by atoms with van der Waals surface area (Å²) in [4.78, 5) is 41.2. The quantitative estimate of drug-likeness (QED) is 0.432. The molecule has 2 fully saturated rings. The third kappa shape index (κ3) is 5.72. The van der Waals surface area contributed by atoms with E-state index in [0.717, 1.165) is 60.4 Å². The minimum Gasteiger partial charge on any atom is -0.345 e. The highest BCUT2D eigenvalue weighted by Gasteiger charge is 2.39. The Labute approximate surface area is 216 Å². The van der Waals surface area contributed by atoms with Crippen LogP contribution >= 0.6 is 15.9 Å². The maximum Gasteiger partial charge on any atom is 0.226 e. The number of aromatic nitrogens is 1. The number of Topliss-reactive ketones (excluding diaryl/α,β-unsaturated/α-hetero) is 2. The Kier molecular flexibility index (Phi) is 8.48. The van der Waals surface area contributed by atoms with Crippen LogP contribution in [0.15, 0.2) is 28.9 Å². The zero-order valence-electron chi connectivity index (χ0n) is 21.2. The number of likely N-dealkylation sites (tertiary alicyclic amines) is 1. The second-order valence-electron chi connectivity index (χ2n) is 10.4. The number of benzene rings is 1. The Morgan fingerprint density at radius 3 is 2.54 bits per heavy atom. The molecule has 6 nitrogen and oxygen atoms in total. The fraction of sp³-hybridized carbons (Fsp3) is 0.607. The van der Waals surface area contributed by atoms with Crippen LogP contribution in [0, 0.1) is 11.8 Å². The standard InChI is InChI=1S/C28H38BrN3O3/c1-18(30-3)27(34)15-23(20-8-5-4-6-9-20)28(35)32-13-7-10-22(32)16-31-17-25(19(2)33)24-14-21(29)11-12-26(24)31/h11-12,14,17-18,20,22-23,30H,4-10,13,15-16H2,1-3H3. The fourth-order valence-corrected chi connectivity index (χ4v) is 6.36. The van der Waals surface area contributed by atoms with Crippen LogP contribution < -0.4 is 5.32 Å². The molecular formula is C28H38BrN3O3. The lowest BCUT2D eigenvalue weighted by molar-refractivity contribution is -0.141. The molecule has 1 aliphatic carbocycles. The predicted molar refractivity (Wildman–Crippen MR) is 143 cm³/mol. The number of rotatable bonds is 9. The van der Waals surface area contributed by atoms with Crippen LogP contribution in [0.4, 0.5) is 0 Å². The van der Waals surface area contributed by atoms with Crippen molar-refractivity contribution in [2.24, 2.45) is 11.8 Å². The zero-order valence-corrected chi connectivity index (χ0v) is 22.8. The van der Waals surface area contributed by atoms with Gasteiger partial charge in [0.1, 0.15) is 5.78 Å². The van der Waals surface area contributed by atoms with Crippen LogP contribution in [0.2, 0.25) is 0 Å². The maximum atomic E-state index is 14.0. The Morgan fingerprint density at radius 2 is 1.86 bits per heavy atom. The van der Waals surface area contributed by atoms with Gasteiger partial charge in [-0.1, -0.05) is 35.2 Å². The van der Waals surface area contributed by atoms with E-state index in [1.54, 1.807) is 14.0 Å². The van der Waals surface area contributed by atoms with Gasteiger partial charge < -0.3 is 14.8 Å². The van der Waals surface area contributed by atoms with Crippen molar-refractivity contribution in [3.63, 3.8) is 0 Å². The summed E-state index contributed by atoms with van der Waals surface area (Å²) in [6, 6.07) is 5.86. The van der Waals surface area contributed by atoms with Crippen molar-refractivity contribution in [3.8, 4) is 0 Å². The van der Waals surface area contributed by atoms with Crippen LogP contribution in [-0.2, 0) is 16.1 Å². The molecule has 3 atom stereocenters. The summed E-state index contributed by atoms with van der Waals surface area (Å²) in [5.41, 5.74) is 1.73. The van der Waals surface area contributed by atoms with Gasteiger partial charge in [-0.25, -0.2) is 0 Å². The van der Waals surface area contributed by atoms with E-state index in [1.807, 2.05) is 31.3 Å². The molecule has 3 unspecified atom stereocenters. The lowest BCUT2D eigenvalue weighted by atomic mass is 9.76. The molecule has 190 valence electrons. The third-order valence-electron chi connectivity index (χ3n) is 8.16. The van der Waals surface area contributed by atoms with E-state index in [1.165, 1.54) is 6.42 Å². The van der Waals surface area contributed by atoms with E-state index in [-0.39, 0.29) is 35.5 Å². The van der Waals surface area contributed by atoms with Gasteiger partial charge in [0.15, 0.2) is 5.78 Å². The number of ketones is 2. The van der Waals surface area contributed by atoms with Crippen molar-refractivity contribution in [2.75, 3.05) is 13.6 Å². The second kappa shape index (κ2) is 11.4. The highest BCUT2D eigenvalue weighted by atomic mass is 79.9. The number of carbonyl (C=O) groups is 3. The van der Waals surface area contributed by atoms with E-state index in [9.17, 15) is 14.4 Å². The van der Waals surface area contributed by atoms with Gasteiger partial charge in [0, 0.05) is 58.6 Å². The SMILES string of the molecule is CNC(C)C(=O)CC(C(=O)N1CCCC1Cn1cc(C(C)=O)c2cc(Br)ccc21)C1CCCCC1. The molecule has 4 rings (SSSR count). The number of hydrogen-bond donors (Lipinski definition) is 1. The first-order valence-corrected chi connectivity index (χ1v) is 13.9. The van der Waals surface area contributed by atoms with Crippen molar-refractivity contribution in [2.45, 2.75) is 83.8 Å². The molecule has 1 N–H and O–H groups in total. The van der Waals surface area contributed by atoms with Crippen molar-refractivity contribution in [3.05, 3.63) is 34.4 Å². The van der Waals surface area contributed by atoms with Gasteiger partial charge in [0.05, 0.1) is 6.04 Å². The van der Waals surface area contributed by atoms with E-state index in [0.29, 0.717) is 24.4 Å². The lowest BCUT2D eigenvalue weighted by Crippen LogP contribution is -2.45. The van der Waals surface area contributed by atoms with E-state index >= 15 is 0 Å². The van der Waals surface area contributed by atoms with Gasteiger partial charge in [-0.3, -0.25) is 14.4 Å². The normalized spacial score (nSPS) is 20.8. The summed E-state index contributed by atoms with van der Waals surface area (Å²) in [5.74, 6) is 0.381. The van der Waals surface area contributed by atoms with Gasteiger partial charge in [0.2, 0.25) is 5.91 Å². The molecular weight excluding hydrogens is 506 g/mol. The van der Waals surface area contributed by atoms with E-state index in [4.69, 9.17) is 0 Å². The van der Waals surface area contributed by atoms with Gasteiger partial charge in [-0.05, 0) is 70.7 Å². The van der Waals surface area contributed by atoms with Crippen molar-refractivity contribution >= 4 is 44.3 Å². The highest BCUT2D eigenvalue weighted by molar-refractivity contribution is 9.10. The molecule has 2 aromatic rings. The van der Waals surface area contributed by atoms with Crippen molar-refractivity contribution in [1.29, 1.82) is 0 Å². The largest absolute Gasteiger partial charge is 0.345 e. The van der Waals surface area contributed by atoms with Gasteiger partial charge >= 0.3 is 0 Å². The number of nitrogens with one attached hydrogen (secondary N) is 1. The molecule has 1 aromatic carbocycles. The summed E-state index contributed by atoms with van der Waals surface area (Å²) in [6.07, 6.45) is 9.76. The maximum absolute atomic E-state index is 14.0. The molecule has 1 aromatic heterocycles. The molecule has 1 saturated carbocycles. The summed E-state index contributed by atoms with van der Waals surface area (Å²) >= 11 is 3.52. The second-order valence-corrected chi connectivity index (χ2v) is 11.3. The van der Waals surface area contributed by atoms with E-state index < -0.39 is 0 Å². The number of fused-ring (bicyclic) bond motifs is 1. The zero-order chi connectivity index (χ0) is 25.1. The predicted octanol–water partition coefficient (Wildman–Crippen LogP) is 5.36. The number of amides is 1. The van der Waals surface area contributed by atoms with Crippen LogP contribution in [0.1, 0.15) is 75.6 Å². The number of likely N-dealkylation sites (N-methyl/N-ethyl adjacent to an activating group) is 1. The van der Waals surface area contributed by atoms with Gasteiger partial charge in [0.25, 0.3) is 0 Å². The Morgan fingerprint density at radius 1 is 1.11 bits per heavy atom. The molecule has 0 bridgehead atoms. The average Bonchev–Trinajstić information content (AvgIpc) is 3.46. The summed E-state index contributed by atoms with van der Waals surface area (Å²) in [7, 11) is 1.80. The van der Waals surface area contributed by atoms with Crippen molar-refractivity contribution in [1.82, 2.24) is 14.8 Å². The molecule has 0 spiro atoms. The molecule has 35 heavy (non-hydrogen) atoms. The number of halogens is 1. The molecule has 2 heterocycles. The van der Waals surface area contributed by atoms with Crippen LogP contribution in [-0.4, -0.2) is 52.6 Å². The third-order valence-corrected chi connectivity index (χ3v) is 8.66. The Bertz CT molecular complexity index is 1090. The highest BCUT2D eigenvalue weighted by Crippen LogP contribution is 2.35. The van der Waals surface area contributed by atoms with Gasteiger partial charge in [-0.15, -0.1) is 0 Å². The molecule has 0 radical (unpaired) electrons. The first-order chi connectivity index (χ1) is 16.8. The van der Waals surface area contributed by atoms with Crippen LogP contribution in [0.25, 0.3) is 10.9 Å². The number of nitrogens with zero attached hydrogens (tertiary/aromatic N) is 2. The fourth-order valence-electron chi connectivity index (χ4n) is 6.00. The van der Waals surface area contributed by atoms with E-state index in [2.05, 4.69) is 30.7 Å². The molecule has 7 heteroatoms. The summed E-state index contributed by atoms with van der Waals surface area (Å²) < 4.78 is 3.08. The molecule has 1 aliphatic heterocycles. The topological polar surface area (TPSA) is 71.4 Å². The minimum absolute atomic E-state index is 0.0423. The molecule has 1 saturated heterocycles. The van der Waals surface area contributed by atoms with Crippen molar-refractivity contribution < 1.29 is 14.4 Å². The lowest BCUT2D eigenvalue weighted by Gasteiger charge is -2.35. The van der Waals surface area contributed by atoms with Crippen LogP contribution in [0.5, 0.6) is 0 Å². The van der Waals surface area contributed by atoms with Crippen LogP contribution in [0.3, 0.4) is 0 Å². The number of hydrogen-bond acceptors (Lipinski definition) is 4. The monoisotopic (exact) mass is 543 g/mol. The Balaban J connectivity index is 1.58. The Hall–Kier alpha value is -1.99. The summed E-state index contributed by atoms with van der Waals surface area (Å²) in [5, 5.41) is 3.99. The number of carbonyl (C=O) groups excluding carboxylic acids is 3. The minimum atomic E-state index is -0.237. The summed E-state index contributed by atoms with van der Waals surface area (Å²) in [6.45, 7) is 4.89. The smallest absolute Gasteiger partial charge is 0.226 e. The first kappa shape index (κ1) is 26.1. The molecule has 1 amide bonds.